The number of hydrogen-bond donors (Lipinski definition) is 5. The van der Waals surface area contributed by atoms with Crippen LogP contribution in [0.1, 0.15) is 27.7 Å². The zero-order valence-electron chi connectivity index (χ0n) is 30.6. The monoisotopic (exact) mass is 831 g/mol. The summed E-state index contributed by atoms with van der Waals surface area (Å²) in [5, 5.41) is 15.5. The van der Waals surface area contributed by atoms with E-state index in [0.29, 0.717) is 35.8 Å². The molecule has 0 aliphatic carbocycles. The van der Waals surface area contributed by atoms with E-state index < -0.39 is 30.9 Å². The highest BCUT2D eigenvalue weighted by Gasteiger charge is 2.25. The highest BCUT2D eigenvalue weighted by molar-refractivity contribution is 8.00. The van der Waals surface area contributed by atoms with Crippen molar-refractivity contribution in [3.63, 3.8) is 0 Å². The molecule has 3 aromatic carbocycles. The van der Waals surface area contributed by atoms with E-state index >= 15 is 0 Å². The lowest BCUT2D eigenvalue weighted by molar-refractivity contribution is 0.399. The first kappa shape index (κ1) is 41.3. The van der Waals surface area contributed by atoms with Crippen LogP contribution in [0, 0.1) is 0 Å². The van der Waals surface area contributed by atoms with Crippen LogP contribution in [0.3, 0.4) is 0 Å². The van der Waals surface area contributed by atoms with Gasteiger partial charge in [0.2, 0.25) is 11.9 Å². The third kappa shape index (κ3) is 10.3. The third-order valence-electron chi connectivity index (χ3n) is 8.22. The molecule has 0 spiro atoms. The number of nitrogens with one attached hydrogen (secondary N) is 2. The van der Waals surface area contributed by atoms with Gasteiger partial charge in [-0.25, -0.2) is 0 Å². The standard InChI is InChI=1S/C33H41N11O7S4/c1-6-43(7-2)20-10-12-22(34)25(18-20)35-31-37-32(39-33(38-31)52-16-17-54(45,46)47)36-26-19-21(44(8-3)9-4)11-13-23(26)40-41-30-28-24(42-53-30)14-15-27(51-5)29(28)55(48,49)50/h10-15,18-19H,6-9,16-17,34H2,1-5H3,(H,45,46,47)(H,48,49,50)(H2,35,36,37,38,39). The molecule has 0 saturated heterocycles. The van der Waals surface area contributed by atoms with Crippen LogP contribution in [0.2, 0.25) is 0 Å². The fraction of sp³-hybridized carbons (Fsp3) is 0.333. The maximum Gasteiger partial charge on any atom is 0.299 e. The van der Waals surface area contributed by atoms with Crippen molar-refractivity contribution in [2.24, 2.45) is 10.2 Å². The van der Waals surface area contributed by atoms with Gasteiger partial charge in [-0.2, -0.15) is 36.2 Å². The van der Waals surface area contributed by atoms with Gasteiger partial charge in [0.15, 0.2) is 10.2 Å². The highest BCUT2D eigenvalue weighted by atomic mass is 32.2. The van der Waals surface area contributed by atoms with Gasteiger partial charge < -0.3 is 30.9 Å². The van der Waals surface area contributed by atoms with E-state index in [9.17, 15) is 25.9 Å². The number of nitrogens with zero attached hydrogens (tertiary/aromatic N) is 8. The van der Waals surface area contributed by atoms with E-state index in [-0.39, 0.29) is 44.5 Å². The summed E-state index contributed by atoms with van der Waals surface area (Å²) >= 11 is 1.88. The van der Waals surface area contributed by atoms with E-state index in [2.05, 4.69) is 50.0 Å². The van der Waals surface area contributed by atoms with Crippen molar-refractivity contribution in [3.8, 4) is 5.75 Å². The number of methoxy groups -OCH3 is 1. The van der Waals surface area contributed by atoms with Gasteiger partial charge in [0.25, 0.3) is 20.2 Å². The Balaban J connectivity index is 1.59. The van der Waals surface area contributed by atoms with Crippen molar-refractivity contribution in [1.82, 2.24) is 19.3 Å². The van der Waals surface area contributed by atoms with E-state index in [0.717, 1.165) is 47.8 Å². The zero-order chi connectivity index (χ0) is 39.9. The normalized spacial score (nSPS) is 12.0. The lowest BCUT2D eigenvalue weighted by atomic mass is 10.2. The summed E-state index contributed by atoms with van der Waals surface area (Å²) in [6, 6.07) is 13.9. The van der Waals surface area contributed by atoms with Crippen molar-refractivity contribution in [2.45, 2.75) is 37.7 Å². The maximum atomic E-state index is 12.4. The number of ether oxygens (including phenoxy) is 1. The fourth-order valence-electron chi connectivity index (χ4n) is 5.51. The quantitative estimate of drug-likeness (QED) is 0.0261. The van der Waals surface area contributed by atoms with Gasteiger partial charge >= 0.3 is 0 Å². The van der Waals surface area contributed by atoms with Crippen LogP contribution in [-0.4, -0.2) is 90.1 Å². The van der Waals surface area contributed by atoms with E-state index in [1.54, 1.807) is 18.2 Å². The Morgan fingerprint density at radius 3 is 2.02 bits per heavy atom. The second kappa shape index (κ2) is 17.7. The second-order valence-corrected chi connectivity index (χ2v) is 16.4. The Morgan fingerprint density at radius 1 is 0.836 bits per heavy atom. The highest BCUT2D eigenvalue weighted by Crippen LogP contribution is 2.42. The van der Waals surface area contributed by atoms with Gasteiger partial charge in [-0.3, -0.25) is 9.11 Å². The van der Waals surface area contributed by atoms with Crippen molar-refractivity contribution in [1.29, 1.82) is 0 Å². The first-order valence-corrected chi connectivity index (χ1v) is 21.8. The van der Waals surface area contributed by atoms with E-state index in [1.165, 1.54) is 13.2 Å². The number of hydrogen-bond acceptors (Lipinski definition) is 18. The fourth-order valence-corrected chi connectivity index (χ4v) is 8.81. The summed E-state index contributed by atoms with van der Waals surface area (Å²) in [5.41, 5.74) is 10.1. The molecule has 55 heavy (non-hydrogen) atoms. The van der Waals surface area contributed by atoms with Gasteiger partial charge in [0, 0.05) is 43.3 Å². The number of azo groups is 1. The average molecular weight is 832 g/mol. The molecule has 22 heteroatoms. The van der Waals surface area contributed by atoms with Crippen LogP contribution in [0.5, 0.6) is 5.75 Å². The number of nitrogen functional groups attached to an aromatic ring is 1. The molecule has 0 aliphatic rings. The van der Waals surface area contributed by atoms with Gasteiger partial charge in [0.05, 0.1) is 40.8 Å². The molecule has 294 valence electrons. The number of nitrogens with two attached hydrogens (primary N) is 1. The largest absolute Gasteiger partial charge is 0.495 e. The van der Waals surface area contributed by atoms with Gasteiger partial charge in [-0.05, 0) is 87.8 Å². The Labute approximate surface area is 327 Å². The summed E-state index contributed by atoms with van der Waals surface area (Å²) in [6.45, 7) is 11.1. The lowest BCUT2D eigenvalue weighted by Crippen LogP contribution is -2.21. The predicted octanol–water partition coefficient (Wildman–Crippen LogP) is 6.89. The molecule has 2 aromatic heterocycles. The molecular formula is C33H41N11O7S4. The smallest absolute Gasteiger partial charge is 0.299 e. The summed E-state index contributed by atoms with van der Waals surface area (Å²) in [6.07, 6.45) is 0. The SMILES string of the molecule is CCN(CC)c1ccc(N)c(Nc2nc(Nc3cc(N(CC)CC)ccc3N=Nc3snc4ccc(OC)c(S(=O)(=O)O)c34)nc(SCCS(=O)(=O)O)n2)c1. The van der Waals surface area contributed by atoms with E-state index in [1.807, 2.05) is 52.0 Å². The molecule has 0 radical (unpaired) electrons. The number of rotatable bonds is 18. The Morgan fingerprint density at radius 2 is 1.44 bits per heavy atom. The minimum absolute atomic E-state index is 0.0443. The van der Waals surface area contributed by atoms with Crippen molar-refractivity contribution in [3.05, 3.63) is 48.5 Å². The molecule has 5 rings (SSSR count). The van der Waals surface area contributed by atoms with Crippen LogP contribution in [-0.2, 0) is 20.2 Å². The molecule has 6 N–H and O–H groups in total. The molecule has 5 aromatic rings. The number of benzene rings is 3. The second-order valence-electron chi connectivity index (χ2n) is 11.6. The van der Waals surface area contributed by atoms with Crippen LogP contribution in [0.15, 0.2) is 68.8 Å². The maximum absolute atomic E-state index is 12.4. The lowest BCUT2D eigenvalue weighted by Gasteiger charge is -2.22. The predicted molar refractivity (Wildman–Crippen MR) is 218 cm³/mol. The van der Waals surface area contributed by atoms with E-state index in [4.69, 9.17) is 10.5 Å². The molecule has 0 aliphatic heterocycles. The van der Waals surface area contributed by atoms with Crippen LogP contribution >= 0.6 is 23.3 Å². The Bertz CT molecular complexity index is 2400. The Hall–Kier alpha value is -4.87. The van der Waals surface area contributed by atoms with Gasteiger partial charge in [0.1, 0.15) is 16.3 Å². The van der Waals surface area contributed by atoms with Crippen molar-refractivity contribution >= 4 is 105 Å². The molecular weight excluding hydrogens is 791 g/mol. The van der Waals surface area contributed by atoms with Crippen LogP contribution in [0.4, 0.5) is 51.0 Å². The molecule has 0 amide bonds. The summed E-state index contributed by atoms with van der Waals surface area (Å²) < 4.78 is 76.7. The molecule has 0 unspecified atom stereocenters. The number of fused-ring (bicyclic) bond motifs is 1. The van der Waals surface area contributed by atoms with Gasteiger partial charge in [-0.1, -0.05) is 11.8 Å². The van der Waals surface area contributed by atoms with Crippen molar-refractivity contribution in [2.75, 3.05) is 71.0 Å². The summed E-state index contributed by atoms with van der Waals surface area (Å²) in [7, 11) is -7.70. The van der Waals surface area contributed by atoms with Crippen LogP contribution < -0.4 is 30.9 Å². The topological polar surface area (TPSA) is 251 Å². The summed E-state index contributed by atoms with van der Waals surface area (Å²) in [5.74, 6) is -0.496. The Kier molecular flexibility index (Phi) is 13.3. The molecule has 2 heterocycles. The number of anilines is 7. The molecule has 0 atom stereocenters. The molecule has 0 bridgehead atoms. The summed E-state index contributed by atoms with van der Waals surface area (Å²) in [4.78, 5) is 17.4. The third-order valence-corrected chi connectivity index (χ3v) is 11.7. The average Bonchev–Trinajstić information content (AvgIpc) is 3.55. The molecule has 18 nitrogen and oxygen atoms in total. The zero-order valence-corrected chi connectivity index (χ0v) is 33.9. The van der Waals surface area contributed by atoms with Gasteiger partial charge in [-0.15, -0.1) is 10.2 Å². The van der Waals surface area contributed by atoms with Crippen molar-refractivity contribution < 1.29 is 30.7 Å². The minimum Gasteiger partial charge on any atom is -0.495 e. The van der Waals surface area contributed by atoms with Crippen LogP contribution in [0.25, 0.3) is 10.9 Å². The molecule has 0 fully saturated rings. The number of thioether (sulfide) groups is 1. The first-order valence-electron chi connectivity index (χ1n) is 16.9. The molecule has 0 saturated carbocycles. The minimum atomic E-state index is -4.74. The first-order chi connectivity index (χ1) is 26.2. The number of aromatic nitrogens is 4.